The van der Waals surface area contributed by atoms with Crippen LogP contribution >= 0.6 is 11.3 Å². The van der Waals surface area contributed by atoms with Crippen LogP contribution < -0.4 is 0 Å². The van der Waals surface area contributed by atoms with E-state index in [0.717, 1.165) is 36.3 Å². The van der Waals surface area contributed by atoms with Gasteiger partial charge in [-0.1, -0.05) is 42.5 Å². The van der Waals surface area contributed by atoms with Crippen LogP contribution in [0.3, 0.4) is 0 Å². The Morgan fingerprint density at radius 1 is 1.22 bits per heavy atom. The maximum absolute atomic E-state index is 11.5. The molecule has 1 atom stereocenters. The minimum atomic E-state index is -0.895. The van der Waals surface area contributed by atoms with Crippen LogP contribution in [-0.2, 0) is 6.54 Å². The Morgan fingerprint density at radius 3 is 2.70 bits per heavy atom. The normalized spacial score (nSPS) is 17.3. The van der Waals surface area contributed by atoms with Crippen LogP contribution in [0, 0.1) is 6.92 Å². The minimum Gasteiger partial charge on any atom is -0.478 e. The number of nitrogens with zero attached hydrogens (tertiary/aromatic N) is 2. The van der Waals surface area contributed by atoms with E-state index in [1.807, 2.05) is 31.2 Å². The molecule has 0 aliphatic carbocycles. The third-order valence-electron chi connectivity index (χ3n) is 5.09. The zero-order valence-corrected chi connectivity index (χ0v) is 16.1. The lowest BCUT2D eigenvalue weighted by Crippen LogP contribution is -2.22. The number of carboxylic acid groups (broad SMARTS) is 1. The summed E-state index contributed by atoms with van der Waals surface area (Å²) in [7, 11) is 0. The van der Waals surface area contributed by atoms with E-state index in [9.17, 15) is 9.90 Å². The van der Waals surface area contributed by atoms with Gasteiger partial charge in [0.05, 0.1) is 11.6 Å². The Bertz CT molecular complexity index is 949. The number of aryl methyl sites for hydroxylation is 1. The number of aromatic carboxylic acids is 1. The summed E-state index contributed by atoms with van der Waals surface area (Å²) >= 11 is 1.76. The fourth-order valence-electron chi connectivity index (χ4n) is 3.77. The third kappa shape index (κ3) is 3.80. The molecule has 1 aliphatic heterocycles. The summed E-state index contributed by atoms with van der Waals surface area (Å²) in [5.41, 5.74) is 4.37. The maximum Gasteiger partial charge on any atom is 0.336 e. The first kappa shape index (κ1) is 17.9. The number of benzene rings is 2. The molecule has 1 aromatic heterocycles. The molecular weight excluding hydrogens is 356 g/mol. The van der Waals surface area contributed by atoms with Crippen LogP contribution in [0.1, 0.15) is 45.5 Å². The second-order valence-corrected chi connectivity index (χ2v) is 7.89. The lowest BCUT2D eigenvalue weighted by Gasteiger charge is -2.23. The van der Waals surface area contributed by atoms with E-state index in [2.05, 4.69) is 27.4 Å². The van der Waals surface area contributed by atoms with Gasteiger partial charge in [-0.25, -0.2) is 9.78 Å². The molecule has 1 N–H and O–H groups in total. The van der Waals surface area contributed by atoms with Gasteiger partial charge in [-0.15, -0.1) is 11.3 Å². The van der Waals surface area contributed by atoms with Crippen LogP contribution in [0.5, 0.6) is 0 Å². The van der Waals surface area contributed by atoms with Gasteiger partial charge in [0.2, 0.25) is 0 Å². The Kier molecular flexibility index (Phi) is 5.05. The predicted molar refractivity (Wildman–Crippen MR) is 108 cm³/mol. The summed E-state index contributed by atoms with van der Waals surface area (Å²) < 4.78 is 0. The molecule has 0 amide bonds. The highest BCUT2D eigenvalue weighted by Crippen LogP contribution is 2.35. The van der Waals surface area contributed by atoms with Gasteiger partial charge in [0.15, 0.2) is 0 Å². The molecule has 0 spiro atoms. The molecule has 0 radical (unpaired) electrons. The molecule has 4 nitrogen and oxygen atoms in total. The van der Waals surface area contributed by atoms with Crippen LogP contribution in [-0.4, -0.2) is 27.5 Å². The third-order valence-corrected chi connectivity index (χ3v) is 6.16. The summed E-state index contributed by atoms with van der Waals surface area (Å²) in [6, 6.07) is 15.8. The number of carboxylic acids is 1. The molecule has 0 saturated carbocycles. The van der Waals surface area contributed by atoms with E-state index < -0.39 is 5.97 Å². The van der Waals surface area contributed by atoms with E-state index in [1.165, 1.54) is 17.0 Å². The summed E-state index contributed by atoms with van der Waals surface area (Å²) in [6.07, 6.45) is 2.37. The van der Waals surface area contributed by atoms with Crippen molar-refractivity contribution in [3.63, 3.8) is 0 Å². The number of hydrogen-bond acceptors (Lipinski definition) is 4. The van der Waals surface area contributed by atoms with Crippen LogP contribution in [0.4, 0.5) is 0 Å². The first-order chi connectivity index (χ1) is 13.1. The number of carbonyl (C=O) groups is 1. The van der Waals surface area contributed by atoms with Crippen molar-refractivity contribution < 1.29 is 9.90 Å². The zero-order chi connectivity index (χ0) is 18.8. The lowest BCUT2D eigenvalue weighted by molar-refractivity contribution is 0.0697. The van der Waals surface area contributed by atoms with E-state index >= 15 is 0 Å². The molecule has 0 unspecified atom stereocenters. The summed E-state index contributed by atoms with van der Waals surface area (Å²) in [4.78, 5) is 18.6. The first-order valence-corrected chi connectivity index (χ1v) is 10.1. The van der Waals surface area contributed by atoms with Crippen molar-refractivity contribution in [1.82, 2.24) is 9.88 Å². The summed E-state index contributed by atoms with van der Waals surface area (Å²) in [6.45, 7) is 4.03. The van der Waals surface area contributed by atoms with Gasteiger partial charge in [0, 0.05) is 17.6 Å². The molecule has 0 bridgehead atoms. The molecule has 1 saturated heterocycles. The van der Waals surface area contributed by atoms with Crippen LogP contribution in [0.15, 0.2) is 53.9 Å². The highest BCUT2D eigenvalue weighted by molar-refractivity contribution is 7.09. The molecule has 2 heterocycles. The smallest absolute Gasteiger partial charge is 0.336 e. The van der Waals surface area contributed by atoms with E-state index in [-0.39, 0.29) is 0 Å². The van der Waals surface area contributed by atoms with Gasteiger partial charge >= 0.3 is 5.97 Å². The number of likely N-dealkylation sites (tertiary alicyclic amines) is 1. The van der Waals surface area contributed by atoms with Crippen molar-refractivity contribution in [3.8, 4) is 11.1 Å². The Morgan fingerprint density at radius 2 is 2.00 bits per heavy atom. The maximum atomic E-state index is 11.5. The average molecular weight is 378 g/mol. The largest absolute Gasteiger partial charge is 0.478 e. The van der Waals surface area contributed by atoms with E-state index in [0.29, 0.717) is 11.6 Å². The predicted octanol–water partition coefficient (Wildman–Crippen LogP) is 5.15. The minimum absolute atomic E-state index is 0.337. The number of hydrogen-bond donors (Lipinski definition) is 1. The fraction of sp³-hybridized carbons (Fsp3) is 0.273. The van der Waals surface area contributed by atoms with Gasteiger partial charge in [0.25, 0.3) is 0 Å². The Hall–Kier alpha value is -2.50. The molecule has 5 heteroatoms. The van der Waals surface area contributed by atoms with E-state index in [1.54, 1.807) is 23.5 Å². The SMILES string of the molecule is Cc1csc([C@@H]2CCCN2Cc2ccc(-c3ccccc3C(=O)O)cc2)n1. The molecular formula is C22H22N2O2S. The molecule has 2 aromatic carbocycles. The Balaban J connectivity index is 1.52. The van der Waals surface area contributed by atoms with Gasteiger partial charge in [-0.3, -0.25) is 4.90 Å². The van der Waals surface area contributed by atoms with Gasteiger partial charge in [-0.05, 0) is 49.1 Å². The van der Waals surface area contributed by atoms with E-state index in [4.69, 9.17) is 0 Å². The van der Waals surface area contributed by atoms with Crippen molar-refractivity contribution in [2.24, 2.45) is 0 Å². The molecule has 1 aliphatic rings. The number of thiazole rings is 1. The molecule has 3 aromatic rings. The Labute approximate surface area is 163 Å². The topological polar surface area (TPSA) is 53.4 Å². The van der Waals surface area contributed by atoms with Crippen molar-refractivity contribution in [2.45, 2.75) is 32.4 Å². The molecule has 138 valence electrons. The summed E-state index contributed by atoms with van der Waals surface area (Å²) in [5.74, 6) is -0.895. The van der Waals surface area contributed by atoms with Gasteiger partial charge < -0.3 is 5.11 Å². The molecule has 27 heavy (non-hydrogen) atoms. The standard InChI is InChI=1S/C22H22N2O2S/c1-15-14-27-21(23-15)20-7-4-12-24(20)13-16-8-10-17(11-9-16)18-5-2-3-6-19(18)22(25)26/h2-3,5-6,8-11,14,20H,4,7,12-13H2,1H3,(H,25,26)/t20-/m0/s1. The number of aromatic nitrogens is 1. The van der Waals surface area contributed by atoms with Crippen LogP contribution in [0.25, 0.3) is 11.1 Å². The zero-order valence-electron chi connectivity index (χ0n) is 15.3. The molecule has 4 rings (SSSR count). The average Bonchev–Trinajstić information content (AvgIpc) is 3.31. The van der Waals surface area contributed by atoms with Crippen LogP contribution in [0.2, 0.25) is 0 Å². The second kappa shape index (κ2) is 7.62. The first-order valence-electron chi connectivity index (χ1n) is 9.19. The lowest BCUT2D eigenvalue weighted by atomic mass is 9.98. The van der Waals surface area contributed by atoms with Crippen molar-refractivity contribution in [1.29, 1.82) is 0 Å². The van der Waals surface area contributed by atoms with Gasteiger partial charge in [0.1, 0.15) is 5.01 Å². The quantitative estimate of drug-likeness (QED) is 0.667. The van der Waals surface area contributed by atoms with Crippen molar-refractivity contribution >= 4 is 17.3 Å². The summed E-state index contributed by atoms with van der Waals surface area (Å²) in [5, 5.41) is 12.7. The molecule has 1 fully saturated rings. The monoisotopic (exact) mass is 378 g/mol. The van der Waals surface area contributed by atoms with Gasteiger partial charge in [-0.2, -0.15) is 0 Å². The van der Waals surface area contributed by atoms with Crippen molar-refractivity contribution in [2.75, 3.05) is 6.54 Å². The number of rotatable bonds is 5. The fourth-order valence-corrected chi connectivity index (χ4v) is 4.73. The highest BCUT2D eigenvalue weighted by Gasteiger charge is 2.28. The van der Waals surface area contributed by atoms with Crippen molar-refractivity contribution in [3.05, 3.63) is 75.7 Å². The second-order valence-electron chi connectivity index (χ2n) is 7.00. The highest BCUT2D eigenvalue weighted by atomic mass is 32.1.